The molecule has 0 aliphatic rings. The van der Waals surface area contributed by atoms with Gasteiger partial charge in [0.2, 0.25) is 0 Å². The minimum atomic E-state index is -1.58. The molecule has 0 saturated carbocycles. The molecule has 0 saturated heterocycles. The number of ether oxygens (including phenoxy) is 1. The Morgan fingerprint density at radius 1 is 1.10 bits per heavy atom. The van der Waals surface area contributed by atoms with Crippen LogP contribution in [0.5, 0.6) is 0 Å². The van der Waals surface area contributed by atoms with E-state index in [0.29, 0.717) is 6.61 Å². The van der Waals surface area contributed by atoms with Crippen molar-refractivity contribution in [2.75, 3.05) is 6.61 Å². The highest BCUT2D eigenvalue weighted by Gasteiger charge is 2.23. The van der Waals surface area contributed by atoms with E-state index in [1.165, 1.54) is 0 Å². The van der Waals surface area contributed by atoms with Crippen LogP contribution in [0.3, 0.4) is 0 Å². The second-order valence-electron chi connectivity index (χ2n) is 3.30. The zero-order valence-corrected chi connectivity index (χ0v) is 8.52. The lowest BCUT2D eigenvalue weighted by Crippen LogP contribution is -2.20. The molecule has 0 radical (unpaired) electrons. The Morgan fingerprint density at radius 3 is 1.60 bits per heavy atom. The normalized spacial score (nSPS) is 13.8. The molecule has 0 aromatic carbocycles. The van der Waals surface area contributed by atoms with E-state index in [-0.39, 0.29) is 5.41 Å². The number of hydrogen-bond acceptors (Lipinski definition) is 1. The molecule has 10 heavy (non-hydrogen) atoms. The van der Waals surface area contributed by atoms with Crippen molar-refractivity contribution in [3.8, 4) is 0 Å². The SMILES string of the molecule is CC(C)(C)COC(Cl)(Cl)Cl. The van der Waals surface area contributed by atoms with Gasteiger partial charge in [-0.15, -0.1) is 0 Å². The zero-order chi connectivity index (χ0) is 8.41. The molecule has 0 spiro atoms. The van der Waals surface area contributed by atoms with Crippen LogP contribution in [0.15, 0.2) is 0 Å². The summed E-state index contributed by atoms with van der Waals surface area (Å²) in [5, 5.41) is 0. The molecule has 0 N–H and O–H groups in total. The third-order valence-corrected chi connectivity index (χ3v) is 0.996. The number of alkyl halides is 3. The van der Waals surface area contributed by atoms with Gasteiger partial charge in [-0.3, -0.25) is 0 Å². The molecule has 0 aromatic rings. The van der Waals surface area contributed by atoms with Crippen molar-refractivity contribution in [1.82, 2.24) is 0 Å². The van der Waals surface area contributed by atoms with Gasteiger partial charge in [-0.25, -0.2) is 0 Å². The molecule has 0 aliphatic carbocycles. The van der Waals surface area contributed by atoms with Gasteiger partial charge in [0, 0.05) is 0 Å². The van der Waals surface area contributed by atoms with Crippen LogP contribution in [0.2, 0.25) is 0 Å². The van der Waals surface area contributed by atoms with Crippen LogP contribution in [0.25, 0.3) is 0 Å². The van der Waals surface area contributed by atoms with Crippen LogP contribution in [0.1, 0.15) is 20.8 Å². The summed E-state index contributed by atoms with van der Waals surface area (Å²) in [7, 11) is 0. The minimum Gasteiger partial charge on any atom is -0.334 e. The summed E-state index contributed by atoms with van der Waals surface area (Å²) in [5.41, 5.74) is 0.0317. The van der Waals surface area contributed by atoms with E-state index in [0.717, 1.165) is 0 Å². The predicted octanol–water partition coefficient (Wildman–Crippen LogP) is 3.38. The highest BCUT2D eigenvalue weighted by molar-refractivity contribution is 6.66. The summed E-state index contributed by atoms with van der Waals surface area (Å²) in [4.78, 5) is 0. The van der Waals surface area contributed by atoms with E-state index in [4.69, 9.17) is 39.5 Å². The average molecular weight is 206 g/mol. The lowest BCUT2D eigenvalue weighted by molar-refractivity contribution is 0.0666. The van der Waals surface area contributed by atoms with Crippen LogP contribution >= 0.6 is 34.8 Å². The van der Waals surface area contributed by atoms with E-state index in [1.807, 2.05) is 20.8 Å². The van der Waals surface area contributed by atoms with Gasteiger partial charge in [0.05, 0.1) is 6.61 Å². The van der Waals surface area contributed by atoms with Crippen LogP contribution in [0.4, 0.5) is 0 Å². The van der Waals surface area contributed by atoms with Gasteiger partial charge in [0.25, 0.3) is 3.98 Å². The van der Waals surface area contributed by atoms with E-state index in [1.54, 1.807) is 0 Å². The van der Waals surface area contributed by atoms with Crippen LogP contribution in [-0.2, 0) is 4.74 Å². The first-order chi connectivity index (χ1) is 4.21. The Balaban J connectivity index is 3.56. The second-order valence-corrected chi connectivity index (χ2v) is 5.47. The van der Waals surface area contributed by atoms with Gasteiger partial charge < -0.3 is 4.74 Å². The molecule has 0 amide bonds. The molecule has 0 aliphatic heterocycles. The molecule has 0 atom stereocenters. The van der Waals surface area contributed by atoms with Gasteiger partial charge in [0.1, 0.15) is 0 Å². The first kappa shape index (κ1) is 10.8. The van der Waals surface area contributed by atoms with Crippen molar-refractivity contribution in [2.45, 2.75) is 24.7 Å². The van der Waals surface area contributed by atoms with Gasteiger partial charge >= 0.3 is 0 Å². The highest BCUT2D eigenvalue weighted by atomic mass is 35.6. The number of hydrogen-bond donors (Lipinski definition) is 0. The maximum atomic E-state index is 5.35. The summed E-state index contributed by atoms with van der Waals surface area (Å²) in [6.07, 6.45) is 0. The van der Waals surface area contributed by atoms with Crippen molar-refractivity contribution in [2.24, 2.45) is 5.41 Å². The maximum Gasteiger partial charge on any atom is 0.297 e. The fraction of sp³-hybridized carbons (Fsp3) is 1.00. The molecule has 0 heterocycles. The van der Waals surface area contributed by atoms with Crippen molar-refractivity contribution < 1.29 is 4.74 Å². The van der Waals surface area contributed by atoms with E-state index < -0.39 is 3.98 Å². The smallest absolute Gasteiger partial charge is 0.297 e. The number of rotatable bonds is 1. The van der Waals surface area contributed by atoms with Gasteiger partial charge in [-0.1, -0.05) is 55.6 Å². The lowest BCUT2D eigenvalue weighted by Gasteiger charge is -2.21. The molecule has 4 heteroatoms. The molecule has 0 fully saturated rings. The second kappa shape index (κ2) is 3.48. The quantitative estimate of drug-likeness (QED) is 0.597. The molecule has 62 valence electrons. The lowest BCUT2D eigenvalue weighted by atomic mass is 9.99. The van der Waals surface area contributed by atoms with Crippen LogP contribution in [-0.4, -0.2) is 10.6 Å². The molecule has 0 unspecified atom stereocenters. The van der Waals surface area contributed by atoms with Gasteiger partial charge in [-0.05, 0) is 5.41 Å². The average Bonchev–Trinajstić information content (AvgIpc) is 1.57. The van der Waals surface area contributed by atoms with Crippen LogP contribution in [0, 0.1) is 5.41 Å². The monoisotopic (exact) mass is 204 g/mol. The Kier molecular flexibility index (Phi) is 3.77. The summed E-state index contributed by atoms with van der Waals surface area (Å²) in [6.45, 7) is 6.44. The highest BCUT2D eigenvalue weighted by Crippen LogP contribution is 2.29. The largest absolute Gasteiger partial charge is 0.334 e. The summed E-state index contributed by atoms with van der Waals surface area (Å²) >= 11 is 16.0. The molecule has 0 rings (SSSR count). The summed E-state index contributed by atoms with van der Waals surface area (Å²) < 4.78 is 3.31. The van der Waals surface area contributed by atoms with Crippen molar-refractivity contribution >= 4 is 34.8 Å². The fourth-order valence-corrected chi connectivity index (χ4v) is 0.462. The third-order valence-electron chi connectivity index (χ3n) is 0.669. The standard InChI is InChI=1S/C6H11Cl3O/c1-5(2,3)4-10-6(7,8)9/h4H2,1-3H3. The molecule has 0 bridgehead atoms. The van der Waals surface area contributed by atoms with Crippen LogP contribution < -0.4 is 0 Å². The van der Waals surface area contributed by atoms with E-state index in [2.05, 4.69) is 0 Å². The van der Waals surface area contributed by atoms with Gasteiger partial charge in [-0.2, -0.15) is 0 Å². The Bertz CT molecular complexity index is 86.5. The van der Waals surface area contributed by atoms with E-state index >= 15 is 0 Å². The van der Waals surface area contributed by atoms with E-state index in [9.17, 15) is 0 Å². The molecular formula is C6H11Cl3O. The first-order valence-corrected chi connectivity index (χ1v) is 4.05. The Hall–Kier alpha value is 0.830. The van der Waals surface area contributed by atoms with Gasteiger partial charge in [0.15, 0.2) is 0 Å². The zero-order valence-electron chi connectivity index (χ0n) is 6.25. The molecule has 1 nitrogen and oxygen atoms in total. The Labute approximate surface area is 76.6 Å². The minimum absolute atomic E-state index is 0.0317. The third kappa shape index (κ3) is 8.83. The fourth-order valence-electron chi connectivity index (χ4n) is 0.298. The summed E-state index contributed by atoms with van der Waals surface area (Å²) in [6, 6.07) is 0. The maximum absolute atomic E-state index is 5.35. The molecular weight excluding hydrogens is 194 g/mol. The predicted molar refractivity (Wildman–Crippen MR) is 45.7 cm³/mol. The van der Waals surface area contributed by atoms with Crippen molar-refractivity contribution in [3.05, 3.63) is 0 Å². The summed E-state index contributed by atoms with van der Waals surface area (Å²) in [5.74, 6) is 0. The van der Waals surface area contributed by atoms with Crippen molar-refractivity contribution in [1.29, 1.82) is 0 Å². The number of halogens is 3. The first-order valence-electron chi connectivity index (χ1n) is 2.91. The Morgan fingerprint density at radius 2 is 1.50 bits per heavy atom. The molecule has 0 aromatic heterocycles. The van der Waals surface area contributed by atoms with Crippen molar-refractivity contribution in [3.63, 3.8) is 0 Å². The topological polar surface area (TPSA) is 9.23 Å².